The molecule has 4 rings (SSSR count). The van der Waals surface area contributed by atoms with Crippen molar-refractivity contribution in [2.24, 2.45) is 10.7 Å². The summed E-state index contributed by atoms with van der Waals surface area (Å²) < 4.78 is 10.8. The average molecular weight is 416 g/mol. The first-order valence-corrected chi connectivity index (χ1v) is 10.6. The molecule has 1 heterocycles. The smallest absolute Gasteiger partial charge is 0.147 e. The molecule has 0 aliphatic carbocycles. The molecule has 0 fully saturated rings. The van der Waals surface area contributed by atoms with E-state index in [2.05, 4.69) is 60.5 Å². The van der Waals surface area contributed by atoms with Gasteiger partial charge in [0.15, 0.2) is 0 Å². The summed E-state index contributed by atoms with van der Waals surface area (Å²) in [5.41, 5.74) is 10.3. The average Bonchev–Trinajstić information content (AvgIpc) is 2.81. The number of rotatable bonds is 7. The van der Waals surface area contributed by atoms with Crippen LogP contribution in [0.1, 0.15) is 23.7 Å². The molecule has 5 nitrogen and oxygen atoms in total. The van der Waals surface area contributed by atoms with Gasteiger partial charge in [0.2, 0.25) is 0 Å². The highest BCUT2D eigenvalue weighted by atomic mass is 16.5. The van der Waals surface area contributed by atoms with Crippen LogP contribution in [0.2, 0.25) is 0 Å². The monoisotopic (exact) mass is 415 g/mol. The van der Waals surface area contributed by atoms with E-state index in [9.17, 15) is 0 Å². The lowest BCUT2D eigenvalue weighted by Crippen LogP contribution is -2.38. The molecule has 1 atom stereocenters. The normalized spacial score (nSPS) is 15.0. The lowest BCUT2D eigenvalue weighted by Gasteiger charge is -2.30. The third-order valence-electron chi connectivity index (χ3n) is 5.58. The largest absolute Gasteiger partial charge is 0.497 e. The van der Waals surface area contributed by atoms with Crippen molar-refractivity contribution in [1.82, 2.24) is 4.90 Å². The molecule has 0 aromatic heterocycles. The molecule has 0 amide bonds. The number of ether oxygens (including phenoxy) is 2. The van der Waals surface area contributed by atoms with Gasteiger partial charge < -0.3 is 20.1 Å². The molecule has 31 heavy (non-hydrogen) atoms. The minimum Gasteiger partial charge on any atom is -0.497 e. The van der Waals surface area contributed by atoms with Crippen LogP contribution in [0.25, 0.3) is 17.3 Å². The number of fused-ring (bicyclic) bond motifs is 1. The van der Waals surface area contributed by atoms with E-state index in [4.69, 9.17) is 20.2 Å². The number of hydrogen-bond donors (Lipinski definition) is 1. The molecule has 1 aliphatic rings. The molecular formula is C26H29N3O2. The summed E-state index contributed by atoms with van der Waals surface area (Å²) in [7, 11) is 3.33. The number of nitrogens with zero attached hydrogens (tertiary/aromatic N) is 2. The van der Waals surface area contributed by atoms with Gasteiger partial charge in [0.1, 0.15) is 17.7 Å². The highest BCUT2D eigenvalue weighted by Gasteiger charge is 2.19. The van der Waals surface area contributed by atoms with E-state index in [0.717, 1.165) is 51.7 Å². The second-order valence-electron chi connectivity index (χ2n) is 7.80. The topological polar surface area (TPSA) is 60.1 Å². The summed E-state index contributed by atoms with van der Waals surface area (Å²) in [5, 5.41) is 2.19. The van der Waals surface area contributed by atoms with Crippen molar-refractivity contribution in [1.29, 1.82) is 0 Å². The second kappa shape index (κ2) is 9.23. The summed E-state index contributed by atoms with van der Waals surface area (Å²) in [6, 6.07) is 20.9. The van der Waals surface area contributed by atoms with E-state index < -0.39 is 0 Å². The predicted molar refractivity (Wildman–Crippen MR) is 125 cm³/mol. The second-order valence-corrected chi connectivity index (χ2v) is 7.80. The quantitative estimate of drug-likeness (QED) is 0.643. The zero-order chi connectivity index (χ0) is 21.8. The van der Waals surface area contributed by atoms with Gasteiger partial charge in [-0.2, -0.15) is 0 Å². The van der Waals surface area contributed by atoms with Crippen molar-refractivity contribution in [3.05, 3.63) is 82.4 Å². The Morgan fingerprint density at radius 2 is 1.61 bits per heavy atom. The van der Waals surface area contributed by atoms with E-state index in [-0.39, 0.29) is 6.17 Å². The molecule has 2 N–H and O–H groups in total. The first-order chi connectivity index (χ1) is 15.1. The van der Waals surface area contributed by atoms with Crippen molar-refractivity contribution in [3.63, 3.8) is 0 Å². The number of nitrogens with two attached hydrogens (primary N) is 1. The maximum absolute atomic E-state index is 5.79. The van der Waals surface area contributed by atoms with Gasteiger partial charge in [-0.1, -0.05) is 35.9 Å². The van der Waals surface area contributed by atoms with Crippen molar-refractivity contribution in [3.8, 4) is 22.6 Å². The van der Waals surface area contributed by atoms with Gasteiger partial charge >= 0.3 is 0 Å². The minimum absolute atomic E-state index is 0.0596. The first-order valence-electron chi connectivity index (χ1n) is 10.6. The van der Waals surface area contributed by atoms with Gasteiger partial charge in [0.05, 0.1) is 19.6 Å². The molecular weight excluding hydrogens is 386 g/mol. The molecule has 160 valence electrons. The van der Waals surface area contributed by atoms with Crippen LogP contribution < -0.4 is 25.8 Å². The van der Waals surface area contributed by atoms with Crippen LogP contribution in [-0.4, -0.2) is 32.2 Å². The highest BCUT2D eigenvalue weighted by molar-refractivity contribution is 5.67. The van der Waals surface area contributed by atoms with E-state index >= 15 is 0 Å². The summed E-state index contributed by atoms with van der Waals surface area (Å²) in [5.74, 6) is 1.55. The molecule has 0 spiro atoms. The van der Waals surface area contributed by atoms with Crippen LogP contribution in [0, 0.1) is 6.92 Å². The SMILES string of the molecule is COc1cc(OC)cc(-c2ccc(C3N=c4ccc(C)cc4=CN3CCCN)cc2)c1. The molecule has 3 aromatic rings. The Morgan fingerprint density at radius 3 is 2.26 bits per heavy atom. The molecule has 5 heteroatoms. The third-order valence-corrected chi connectivity index (χ3v) is 5.58. The van der Waals surface area contributed by atoms with E-state index in [1.54, 1.807) is 14.2 Å². The Labute approximate surface area is 183 Å². The minimum atomic E-state index is -0.0596. The van der Waals surface area contributed by atoms with Crippen molar-refractivity contribution >= 4 is 6.20 Å². The van der Waals surface area contributed by atoms with Gasteiger partial charge in [-0.3, -0.25) is 4.99 Å². The van der Waals surface area contributed by atoms with Crippen LogP contribution >= 0.6 is 0 Å². The van der Waals surface area contributed by atoms with Crippen LogP contribution in [0.15, 0.2) is 65.7 Å². The van der Waals surface area contributed by atoms with Gasteiger partial charge in [0.25, 0.3) is 0 Å². The van der Waals surface area contributed by atoms with Gasteiger partial charge in [-0.15, -0.1) is 0 Å². The first kappa shape index (κ1) is 20.9. The predicted octanol–water partition coefficient (Wildman–Crippen LogP) is 3.40. The van der Waals surface area contributed by atoms with Gasteiger partial charge in [-0.25, -0.2) is 0 Å². The fourth-order valence-corrected chi connectivity index (χ4v) is 3.90. The lowest BCUT2D eigenvalue weighted by atomic mass is 10.0. The fourth-order valence-electron chi connectivity index (χ4n) is 3.90. The van der Waals surface area contributed by atoms with Crippen LogP contribution in [-0.2, 0) is 0 Å². The van der Waals surface area contributed by atoms with Crippen molar-refractivity contribution < 1.29 is 9.47 Å². The van der Waals surface area contributed by atoms with E-state index in [1.807, 2.05) is 18.2 Å². The van der Waals surface area contributed by atoms with Crippen LogP contribution in [0.3, 0.4) is 0 Å². The number of benzene rings is 3. The maximum Gasteiger partial charge on any atom is 0.147 e. The van der Waals surface area contributed by atoms with Crippen LogP contribution in [0.4, 0.5) is 0 Å². The number of hydrogen-bond acceptors (Lipinski definition) is 5. The Hall–Kier alpha value is -3.31. The number of methoxy groups -OCH3 is 2. The molecule has 1 aliphatic heterocycles. The molecule has 0 saturated carbocycles. The molecule has 0 bridgehead atoms. The van der Waals surface area contributed by atoms with E-state index in [1.165, 1.54) is 5.56 Å². The standard InChI is InChI=1S/C26H29N3O2/c1-18-5-10-25-22(13-18)17-29(12-4-11-27)26(28-25)20-8-6-19(7-9-20)21-14-23(30-2)16-24(15-21)31-3/h5-10,13-17,26H,4,11-12,27H2,1-3H3. The third kappa shape index (κ3) is 4.57. The van der Waals surface area contributed by atoms with Crippen molar-refractivity contribution in [2.75, 3.05) is 27.3 Å². The zero-order valence-corrected chi connectivity index (χ0v) is 18.3. The maximum atomic E-state index is 5.79. The Balaban J connectivity index is 1.69. The molecule has 1 unspecified atom stereocenters. The van der Waals surface area contributed by atoms with E-state index in [0.29, 0.717) is 6.54 Å². The number of aryl methyl sites for hydroxylation is 1. The van der Waals surface area contributed by atoms with Gasteiger partial charge in [0, 0.05) is 24.0 Å². The molecule has 0 saturated heterocycles. The fraction of sp³-hybridized carbons (Fsp3) is 0.269. The highest BCUT2D eigenvalue weighted by Crippen LogP contribution is 2.31. The Bertz CT molecular complexity index is 1150. The molecule has 0 radical (unpaired) electrons. The summed E-state index contributed by atoms with van der Waals surface area (Å²) in [4.78, 5) is 7.35. The van der Waals surface area contributed by atoms with Gasteiger partial charge in [-0.05, 0) is 60.8 Å². The summed E-state index contributed by atoms with van der Waals surface area (Å²) in [6.45, 7) is 3.64. The molecule has 3 aromatic carbocycles. The zero-order valence-electron chi connectivity index (χ0n) is 18.3. The summed E-state index contributed by atoms with van der Waals surface area (Å²) in [6.07, 6.45) is 3.08. The van der Waals surface area contributed by atoms with Crippen molar-refractivity contribution in [2.45, 2.75) is 19.5 Å². The Kier molecular flexibility index (Phi) is 6.23. The Morgan fingerprint density at radius 1 is 0.903 bits per heavy atom. The van der Waals surface area contributed by atoms with Crippen LogP contribution in [0.5, 0.6) is 11.5 Å². The summed E-state index contributed by atoms with van der Waals surface area (Å²) >= 11 is 0. The lowest BCUT2D eigenvalue weighted by molar-refractivity contribution is 0.304.